The zero-order valence-electron chi connectivity index (χ0n) is 17.2. The van der Waals surface area contributed by atoms with Gasteiger partial charge in [0.25, 0.3) is 5.91 Å². The zero-order valence-corrected chi connectivity index (χ0v) is 17.2. The Hall–Kier alpha value is -3.17. The number of carbonyl (C=O) groups excluding carboxylic acids is 3. The van der Waals surface area contributed by atoms with Crippen molar-refractivity contribution in [3.63, 3.8) is 0 Å². The number of nitro groups is 1. The first-order chi connectivity index (χ1) is 13.5. The highest BCUT2D eigenvalue weighted by Crippen LogP contribution is 2.33. The smallest absolute Gasteiger partial charge is 0.325 e. The summed E-state index contributed by atoms with van der Waals surface area (Å²) in [6, 6.07) is 2.00. The van der Waals surface area contributed by atoms with Crippen LogP contribution in [0.25, 0.3) is 0 Å². The average Bonchev–Trinajstić information content (AvgIpc) is 2.84. The van der Waals surface area contributed by atoms with Gasteiger partial charge in [-0.15, -0.1) is 0 Å². The Balaban J connectivity index is 2.12. The van der Waals surface area contributed by atoms with Gasteiger partial charge in [0, 0.05) is 17.8 Å². The predicted molar refractivity (Wildman–Crippen MR) is 106 cm³/mol. The van der Waals surface area contributed by atoms with Crippen LogP contribution >= 0.6 is 0 Å². The van der Waals surface area contributed by atoms with Gasteiger partial charge in [-0.1, -0.05) is 13.8 Å². The molecule has 1 aliphatic rings. The number of benzene rings is 1. The molecule has 1 aromatic carbocycles. The summed E-state index contributed by atoms with van der Waals surface area (Å²) >= 11 is 0. The zero-order chi connectivity index (χ0) is 21.9. The summed E-state index contributed by atoms with van der Waals surface area (Å²) in [5.41, 5.74) is -0.511. The summed E-state index contributed by atoms with van der Waals surface area (Å²) < 4.78 is 5.00. The van der Waals surface area contributed by atoms with Crippen LogP contribution < -0.4 is 15.4 Å². The van der Waals surface area contributed by atoms with Crippen LogP contribution in [0.5, 0.6) is 5.75 Å². The third-order valence-electron chi connectivity index (χ3n) is 4.87. The highest BCUT2D eigenvalue weighted by Gasteiger charge is 2.47. The lowest BCUT2D eigenvalue weighted by Crippen LogP contribution is -2.44. The number of carbonyl (C=O) groups is 3. The van der Waals surface area contributed by atoms with Crippen LogP contribution in [0, 0.1) is 23.0 Å². The maximum absolute atomic E-state index is 12.7. The Kier molecular flexibility index (Phi) is 6.45. The van der Waals surface area contributed by atoms with E-state index >= 15 is 0 Å². The Labute approximate surface area is 168 Å². The number of nitrogens with one attached hydrogen (secondary N) is 2. The standard InChI is InChI=1S/C19H26N4O6/c1-11(2)6-7-19(4)17(25)22(18(26)21-19)10-16(24)20-13-9-15(29-5)14(23(27)28)8-12(13)3/h8-9,11H,6-7,10H2,1-5H3,(H,20,24)(H,21,26). The van der Waals surface area contributed by atoms with Gasteiger partial charge in [0.1, 0.15) is 12.1 Å². The molecule has 1 unspecified atom stereocenters. The molecule has 2 rings (SSSR count). The van der Waals surface area contributed by atoms with Crippen LogP contribution in [0.3, 0.4) is 0 Å². The first kappa shape index (κ1) is 22.1. The highest BCUT2D eigenvalue weighted by molar-refractivity contribution is 6.10. The third kappa shape index (κ3) is 4.82. The minimum atomic E-state index is -1.03. The maximum Gasteiger partial charge on any atom is 0.325 e. The maximum atomic E-state index is 12.7. The van der Waals surface area contributed by atoms with Gasteiger partial charge in [-0.2, -0.15) is 0 Å². The van der Waals surface area contributed by atoms with Crippen molar-refractivity contribution >= 4 is 29.2 Å². The Bertz CT molecular complexity index is 853. The molecule has 4 amide bonds. The normalized spacial score (nSPS) is 18.8. The minimum Gasteiger partial charge on any atom is -0.490 e. The lowest BCUT2D eigenvalue weighted by molar-refractivity contribution is -0.385. The number of amides is 4. The number of methoxy groups -OCH3 is 1. The largest absolute Gasteiger partial charge is 0.490 e. The number of hydrogen-bond acceptors (Lipinski definition) is 6. The van der Waals surface area contributed by atoms with E-state index in [1.165, 1.54) is 19.2 Å². The fourth-order valence-electron chi connectivity index (χ4n) is 3.08. The van der Waals surface area contributed by atoms with Crippen molar-refractivity contribution in [1.29, 1.82) is 0 Å². The van der Waals surface area contributed by atoms with Gasteiger partial charge in [0.2, 0.25) is 5.91 Å². The van der Waals surface area contributed by atoms with Crippen molar-refractivity contribution in [3.05, 3.63) is 27.8 Å². The fraction of sp³-hybridized carbons (Fsp3) is 0.526. The number of hydrogen-bond donors (Lipinski definition) is 2. The lowest BCUT2D eigenvalue weighted by Gasteiger charge is -2.22. The van der Waals surface area contributed by atoms with Crippen molar-refractivity contribution in [2.45, 2.75) is 46.1 Å². The summed E-state index contributed by atoms with van der Waals surface area (Å²) in [6.45, 7) is 6.84. The van der Waals surface area contributed by atoms with Crippen molar-refractivity contribution in [2.75, 3.05) is 19.0 Å². The van der Waals surface area contributed by atoms with Crippen LogP contribution in [-0.4, -0.2) is 46.9 Å². The predicted octanol–water partition coefficient (Wildman–Crippen LogP) is 2.60. The molecule has 0 saturated carbocycles. The van der Waals surface area contributed by atoms with Crippen LogP contribution in [-0.2, 0) is 9.59 Å². The molecule has 1 fully saturated rings. The molecule has 0 bridgehead atoms. The van der Waals surface area contributed by atoms with E-state index in [0.717, 1.165) is 11.3 Å². The molecule has 0 aromatic heterocycles. The molecule has 10 heteroatoms. The van der Waals surface area contributed by atoms with Gasteiger partial charge in [-0.25, -0.2) is 4.79 Å². The molecule has 158 valence electrons. The van der Waals surface area contributed by atoms with E-state index in [9.17, 15) is 24.5 Å². The van der Waals surface area contributed by atoms with Crippen LogP contribution in [0.2, 0.25) is 0 Å². The summed E-state index contributed by atoms with van der Waals surface area (Å²) in [4.78, 5) is 48.8. The number of nitro benzene ring substituents is 1. The summed E-state index contributed by atoms with van der Waals surface area (Å²) in [6.07, 6.45) is 1.23. The number of anilines is 1. The SMILES string of the molecule is COc1cc(NC(=O)CN2C(=O)NC(C)(CCC(C)C)C2=O)c(C)cc1[N+](=O)[O-]. The molecule has 0 spiro atoms. The van der Waals surface area contributed by atoms with E-state index in [4.69, 9.17) is 4.74 Å². The molecular weight excluding hydrogens is 380 g/mol. The Morgan fingerprint density at radius 1 is 1.38 bits per heavy atom. The number of aryl methyl sites for hydroxylation is 1. The topological polar surface area (TPSA) is 131 Å². The molecule has 2 N–H and O–H groups in total. The highest BCUT2D eigenvalue weighted by atomic mass is 16.6. The van der Waals surface area contributed by atoms with E-state index in [1.54, 1.807) is 13.8 Å². The van der Waals surface area contributed by atoms with Gasteiger partial charge in [0.15, 0.2) is 5.75 Å². The van der Waals surface area contributed by atoms with Crippen molar-refractivity contribution in [3.8, 4) is 5.75 Å². The molecule has 0 aliphatic carbocycles. The lowest BCUT2D eigenvalue weighted by atomic mass is 9.92. The number of urea groups is 1. The molecule has 1 heterocycles. The van der Waals surface area contributed by atoms with Gasteiger partial charge in [-0.05, 0) is 38.2 Å². The van der Waals surface area contributed by atoms with Gasteiger partial charge in [0.05, 0.1) is 12.0 Å². The van der Waals surface area contributed by atoms with Gasteiger partial charge < -0.3 is 15.4 Å². The number of imide groups is 1. The van der Waals surface area contributed by atoms with E-state index in [0.29, 0.717) is 23.6 Å². The summed E-state index contributed by atoms with van der Waals surface area (Å²) in [7, 11) is 1.29. The quantitative estimate of drug-likeness (QED) is 0.388. The van der Waals surface area contributed by atoms with Gasteiger partial charge >= 0.3 is 11.7 Å². The van der Waals surface area contributed by atoms with E-state index in [-0.39, 0.29) is 11.4 Å². The Morgan fingerprint density at radius 2 is 2.03 bits per heavy atom. The van der Waals surface area contributed by atoms with Crippen molar-refractivity contribution < 1.29 is 24.0 Å². The van der Waals surface area contributed by atoms with Crippen LogP contribution in [0.4, 0.5) is 16.2 Å². The molecule has 1 atom stereocenters. The molecule has 29 heavy (non-hydrogen) atoms. The van der Waals surface area contributed by atoms with E-state index in [2.05, 4.69) is 10.6 Å². The molecular formula is C19H26N4O6. The number of ether oxygens (including phenoxy) is 1. The molecule has 1 aliphatic heterocycles. The van der Waals surface area contributed by atoms with E-state index in [1.807, 2.05) is 13.8 Å². The monoisotopic (exact) mass is 406 g/mol. The molecule has 1 saturated heterocycles. The summed E-state index contributed by atoms with van der Waals surface area (Å²) in [5, 5.41) is 16.3. The van der Waals surface area contributed by atoms with Crippen molar-refractivity contribution in [1.82, 2.24) is 10.2 Å². The average molecular weight is 406 g/mol. The van der Waals surface area contributed by atoms with Gasteiger partial charge in [-0.3, -0.25) is 24.6 Å². The Morgan fingerprint density at radius 3 is 2.59 bits per heavy atom. The van der Waals surface area contributed by atoms with Crippen molar-refractivity contribution in [2.24, 2.45) is 5.92 Å². The molecule has 1 aromatic rings. The molecule has 10 nitrogen and oxygen atoms in total. The second-order valence-electron chi connectivity index (χ2n) is 7.73. The van der Waals surface area contributed by atoms with Crippen LogP contribution in [0.15, 0.2) is 12.1 Å². The third-order valence-corrected chi connectivity index (χ3v) is 4.87. The second-order valence-corrected chi connectivity index (χ2v) is 7.73. The number of nitrogens with zero attached hydrogens (tertiary/aromatic N) is 2. The summed E-state index contributed by atoms with van der Waals surface area (Å²) in [5.74, 6) is -0.682. The molecule has 0 radical (unpaired) electrons. The first-order valence-corrected chi connectivity index (χ1v) is 9.25. The number of rotatable bonds is 8. The fourth-order valence-corrected chi connectivity index (χ4v) is 3.08. The minimum absolute atomic E-state index is 0.00727. The van der Waals surface area contributed by atoms with Crippen LogP contribution in [0.1, 0.15) is 39.2 Å². The first-order valence-electron chi connectivity index (χ1n) is 9.25. The second kappa shape index (κ2) is 8.46. The van der Waals surface area contributed by atoms with E-state index < -0.39 is 34.9 Å².